The zero-order valence-electron chi connectivity index (χ0n) is 15.9. The van der Waals surface area contributed by atoms with Gasteiger partial charge in [0.05, 0.1) is 23.0 Å². The zero-order valence-corrected chi connectivity index (χ0v) is 15.9. The summed E-state index contributed by atoms with van der Waals surface area (Å²) < 4.78 is 114. The molecule has 1 aliphatic heterocycles. The SMILES string of the molecule is Nc1cc(C(F)(F)F)c2nc1-c1nnc(o1)[C@@](O)(C(F)(F)F)CCCC(F)(F)CCC2O. The Balaban J connectivity index is 2.23. The molecule has 0 radical (unpaired) electrons. The van der Waals surface area contributed by atoms with Crippen LogP contribution in [0.25, 0.3) is 11.6 Å². The Labute approximate surface area is 174 Å². The van der Waals surface area contributed by atoms with E-state index in [0.29, 0.717) is 6.07 Å². The van der Waals surface area contributed by atoms with Gasteiger partial charge in [0.25, 0.3) is 11.8 Å². The summed E-state index contributed by atoms with van der Waals surface area (Å²) in [5, 5.41) is 26.7. The minimum Gasteiger partial charge on any atom is -0.416 e. The van der Waals surface area contributed by atoms with Crippen LogP contribution in [-0.2, 0) is 11.8 Å². The fraction of sp³-hybridized carbons (Fsp3) is 0.588. The van der Waals surface area contributed by atoms with Crippen LogP contribution >= 0.6 is 0 Å². The number of anilines is 1. The normalized spacial score (nSPS) is 24.8. The highest BCUT2D eigenvalue weighted by Crippen LogP contribution is 2.45. The van der Waals surface area contributed by atoms with Gasteiger partial charge in [-0.05, 0) is 25.3 Å². The fourth-order valence-electron chi connectivity index (χ4n) is 3.26. The zero-order chi connectivity index (χ0) is 24.1. The van der Waals surface area contributed by atoms with E-state index < -0.39 is 96.5 Å². The molecule has 1 aliphatic rings. The van der Waals surface area contributed by atoms with Gasteiger partial charge in [-0.1, -0.05) is 0 Å². The molecule has 3 rings (SSSR count). The van der Waals surface area contributed by atoms with Gasteiger partial charge in [0.2, 0.25) is 11.5 Å². The van der Waals surface area contributed by atoms with Gasteiger partial charge in [-0.3, -0.25) is 0 Å². The van der Waals surface area contributed by atoms with Gasteiger partial charge in [0.1, 0.15) is 0 Å². The number of alkyl halides is 8. The third-order valence-electron chi connectivity index (χ3n) is 5.02. The van der Waals surface area contributed by atoms with Crippen molar-refractivity contribution in [2.24, 2.45) is 0 Å². The third-order valence-corrected chi connectivity index (χ3v) is 5.02. The number of fused-ring (bicyclic) bond motifs is 5. The molecule has 4 N–H and O–H groups in total. The van der Waals surface area contributed by atoms with Gasteiger partial charge in [-0.15, -0.1) is 10.2 Å². The van der Waals surface area contributed by atoms with E-state index in [1.807, 2.05) is 0 Å². The average molecular weight is 476 g/mol. The maximum atomic E-state index is 14.1. The predicted octanol–water partition coefficient (Wildman–Crippen LogP) is 4.12. The van der Waals surface area contributed by atoms with Crippen LogP contribution in [0.3, 0.4) is 0 Å². The second kappa shape index (κ2) is 7.79. The lowest BCUT2D eigenvalue weighted by atomic mass is 9.93. The summed E-state index contributed by atoms with van der Waals surface area (Å²) in [5.41, 5.74) is -2.31. The summed E-state index contributed by atoms with van der Waals surface area (Å²) in [5.74, 6) is -5.92. The summed E-state index contributed by atoms with van der Waals surface area (Å²) in [6.07, 6.45) is -17.9. The van der Waals surface area contributed by atoms with Crippen LogP contribution in [0.4, 0.5) is 40.8 Å². The van der Waals surface area contributed by atoms with Gasteiger partial charge in [-0.25, -0.2) is 13.8 Å². The van der Waals surface area contributed by atoms with Gasteiger partial charge in [0.15, 0.2) is 5.69 Å². The molecule has 0 saturated heterocycles. The van der Waals surface area contributed by atoms with Gasteiger partial charge in [0, 0.05) is 12.8 Å². The molecular weight excluding hydrogens is 460 g/mol. The summed E-state index contributed by atoms with van der Waals surface area (Å²) in [4.78, 5) is 3.51. The van der Waals surface area contributed by atoms with E-state index >= 15 is 0 Å². The number of aliphatic hydroxyl groups excluding tert-OH is 1. The molecule has 2 aromatic heterocycles. The molecular formula is C17H16F8N4O3. The number of halogens is 8. The second-order valence-electron chi connectivity index (χ2n) is 7.39. The van der Waals surface area contributed by atoms with Crippen molar-refractivity contribution in [1.82, 2.24) is 15.2 Å². The Morgan fingerprint density at radius 1 is 1.06 bits per heavy atom. The predicted molar refractivity (Wildman–Crippen MR) is 89.9 cm³/mol. The maximum Gasteiger partial charge on any atom is 0.426 e. The smallest absolute Gasteiger partial charge is 0.416 e. The van der Waals surface area contributed by atoms with Crippen LogP contribution in [0.15, 0.2) is 10.5 Å². The summed E-state index contributed by atoms with van der Waals surface area (Å²) in [6, 6.07) is 0.324. The van der Waals surface area contributed by atoms with Crippen LogP contribution in [0, 0.1) is 0 Å². The van der Waals surface area contributed by atoms with Crippen molar-refractivity contribution in [1.29, 1.82) is 0 Å². The molecule has 15 heteroatoms. The number of rotatable bonds is 0. The highest BCUT2D eigenvalue weighted by molar-refractivity contribution is 5.67. The Bertz CT molecular complexity index is 991. The monoisotopic (exact) mass is 476 g/mol. The number of nitrogens with zero attached hydrogens (tertiary/aromatic N) is 3. The lowest BCUT2D eigenvalue weighted by Gasteiger charge is -2.28. The molecule has 0 spiro atoms. The Morgan fingerprint density at radius 3 is 2.31 bits per heavy atom. The summed E-state index contributed by atoms with van der Waals surface area (Å²) in [7, 11) is 0. The van der Waals surface area contributed by atoms with E-state index in [2.05, 4.69) is 15.2 Å². The van der Waals surface area contributed by atoms with E-state index in [1.54, 1.807) is 0 Å². The van der Waals surface area contributed by atoms with Crippen molar-refractivity contribution >= 4 is 5.69 Å². The van der Waals surface area contributed by atoms with Crippen molar-refractivity contribution in [3.63, 3.8) is 0 Å². The van der Waals surface area contributed by atoms with E-state index in [1.165, 1.54) is 0 Å². The molecule has 0 saturated carbocycles. The molecule has 0 fully saturated rings. The molecule has 1 unspecified atom stereocenters. The van der Waals surface area contributed by atoms with E-state index in [0.717, 1.165) is 0 Å². The van der Waals surface area contributed by atoms with Crippen molar-refractivity contribution in [2.45, 2.75) is 62.1 Å². The molecule has 178 valence electrons. The number of hydrogen-bond acceptors (Lipinski definition) is 7. The maximum absolute atomic E-state index is 14.1. The summed E-state index contributed by atoms with van der Waals surface area (Å²) in [6.45, 7) is 0. The highest BCUT2D eigenvalue weighted by Gasteiger charge is 2.59. The van der Waals surface area contributed by atoms with Crippen LogP contribution in [0.1, 0.15) is 55.4 Å². The first-order valence-electron chi connectivity index (χ1n) is 9.12. The minimum atomic E-state index is -5.40. The number of nitrogens with two attached hydrogens (primary N) is 1. The fourth-order valence-corrected chi connectivity index (χ4v) is 3.26. The Morgan fingerprint density at radius 2 is 1.72 bits per heavy atom. The number of aliphatic hydroxyl groups is 2. The van der Waals surface area contributed by atoms with E-state index in [4.69, 9.17) is 10.2 Å². The lowest BCUT2D eigenvalue weighted by molar-refractivity contribution is -0.278. The highest BCUT2D eigenvalue weighted by atomic mass is 19.4. The van der Waals surface area contributed by atoms with Crippen molar-refractivity contribution < 1.29 is 49.8 Å². The van der Waals surface area contributed by atoms with Gasteiger partial charge >= 0.3 is 12.4 Å². The Kier molecular flexibility index (Phi) is 5.87. The lowest BCUT2D eigenvalue weighted by Crippen LogP contribution is -2.43. The molecule has 4 bridgehead atoms. The minimum absolute atomic E-state index is 0.324. The van der Waals surface area contributed by atoms with Crippen LogP contribution in [0.2, 0.25) is 0 Å². The molecule has 2 atom stereocenters. The number of pyridine rings is 1. The molecule has 0 aromatic carbocycles. The van der Waals surface area contributed by atoms with Crippen LogP contribution in [0.5, 0.6) is 0 Å². The number of nitrogen functional groups attached to an aromatic ring is 1. The molecule has 0 amide bonds. The molecule has 7 nitrogen and oxygen atoms in total. The molecule has 0 aliphatic carbocycles. The van der Waals surface area contributed by atoms with Crippen LogP contribution in [-0.4, -0.2) is 37.5 Å². The number of hydrogen-bond donors (Lipinski definition) is 3. The van der Waals surface area contributed by atoms with Crippen molar-refractivity contribution in [3.05, 3.63) is 23.2 Å². The van der Waals surface area contributed by atoms with Crippen molar-refractivity contribution in [2.75, 3.05) is 5.73 Å². The first kappa shape index (κ1) is 24.1. The van der Waals surface area contributed by atoms with E-state index in [9.17, 15) is 45.3 Å². The molecule has 32 heavy (non-hydrogen) atoms. The largest absolute Gasteiger partial charge is 0.426 e. The van der Waals surface area contributed by atoms with Crippen LogP contribution < -0.4 is 5.73 Å². The van der Waals surface area contributed by atoms with E-state index in [-0.39, 0.29) is 0 Å². The molecule has 3 heterocycles. The first-order valence-corrected chi connectivity index (χ1v) is 9.12. The second-order valence-corrected chi connectivity index (χ2v) is 7.39. The first-order chi connectivity index (χ1) is 14.6. The Hall–Kier alpha value is -2.55. The van der Waals surface area contributed by atoms with Gasteiger partial charge < -0.3 is 20.4 Å². The average Bonchev–Trinajstić information content (AvgIpc) is 3.13. The molecule has 2 aromatic rings. The van der Waals surface area contributed by atoms with Crippen molar-refractivity contribution in [3.8, 4) is 11.6 Å². The topological polar surface area (TPSA) is 118 Å². The van der Waals surface area contributed by atoms with Gasteiger partial charge in [-0.2, -0.15) is 26.3 Å². The summed E-state index contributed by atoms with van der Waals surface area (Å²) >= 11 is 0. The quantitative estimate of drug-likeness (QED) is 0.490. The standard InChI is InChI=1S/C17H16F8N4O3/c18-14(19)3-1-4-15(31,17(23,24)25)13-29-28-12(32-13)11-8(26)6-7(16(20,21)22)10(27-11)9(30)2-5-14/h6,9,30-31H,1-5,26H2/t9?,15-/m1/s1. The third kappa shape index (κ3) is 4.48. The number of aromatic nitrogens is 3.